The molecule has 33 heavy (non-hydrogen) atoms. The number of hydrogen-bond donors (Lipinski definition) is 2. The van der Waals surface area contributed by atoms with Crippen LogP contribution in [0.5, 0.6) is 0 Å². The van der Waals surface area contributed by atoms with E-state index in [1.165, 1.54) is 23.7 Å². The molecule has 3 heterocycles. The highest BCUT2D eigenvalue weighted by Crippen LogP contribution is 2.34. The van der Waals surface area contributed by atoms with Crippen LogP contribution in [0.3, 0.4) is 0 Å². The molecule has 3 rings (SSSR count). The maximum absolute atomic E-state index is 12.7. The van der Waals surface area contributed by atoms with E-state index in [-0.39, 0.29) is 27.1 Å². The van der Waals surface area contributed by atoms with E-state index in [9.17, 15) is 14.4 Å². The Kier molecular flexibility index (Phi) is 8.27. The molecule has 12 heteroatoms. The predicted molar refractivity (Wildman–Crippen MR) is 131 cm³/mol. The number of aromatic nitrogens is 3. The average Bonchev–Trinajstić information content (AvgIpc) is 3.49. The zero-order valence-electron chi connectivity index (χ0n) is 18.8. The quantitative estimate of drug-likeness (QED) is 0.314. The number of primary amides is 1. The number of nitrogens with two attached hydrogens (primary N) is 1. The zero-order chi connectivity index (χ0) is 24.1. The van der Waals surface area contributed by atoms with Gasteiger partial charge in [0.1, 0.15) is 5.00 Å². The number of carbonyl (C=O) groups is 3. The largest absolute Gasteiger partial charge is 0.465 e. The van der Waals surface area contributed by atoms with Gasteiger partial charge in [0.05, 0.1) is 23.3 Å². The standard InChI is InChI=1S/C21H25N5O4S3/c1-5-7-26-18(12-8-13(6-2)31-9-12)24-25-21(26)32-10-14(27)23-19-15(20(29)30-4)11(3)16(33-19)17(22)28/h8-9H,5-7,10H2,1-4H3,(H2,22,28)(H,23,27). The molecule has 0 unspecified atom stereocenters. The highest BCUT2D eigenvalue weighted by atomic mass is 32.2. The van der Waals surface area contributed by atoms with Crippen molar-refractivity contribution in [2.45, 2.75) is 45.3 Å². The minimum atomic E-state index is -0.669. The summed E-state index contributed by atoms with van der Waals surface area (Å²) < 4.78 is 6.81. The molecule has 0 aromatic carbocycles. The SMILES string of the molecule is CCCn1c(SCC(=O)Nc2sc(C(N)=O)c(C)c2C(=O)OC)nnc1-c1csc(CC)c1. The van der Waals surface area contributed by atoms with Crippen LogP contribution in [0.4, 0.5) is 5.00 Å². The number of aryl methyl sites for hydroxylation is 1. The van der Waals surface area contributed by atoms with Crippen molar-refractivity contribution in [3.63, 3.8) is 0 Å². The highest BCUT2D eigenvalue weighted by Gasteiger charge is 2.25. The van der Waals surface area contributed by atoms with Crippen molar-refractivity contribution in [1.82, 2.24) is 14.8 Å². The first kappa shape index (κ1) is 24.9. The first-order chi connectivity index (χ1) is 15.8. The second kappa shape index (κ2) is 10.9. The van der Waals surface area contributed by atoms with E-state index in [4.69, 9.17) is 10.5 Å². The fraction of sp³-hybridized carbons (Fsp3) is 0.381. The normalized spacial score (nSPS) is 10.9. The van der Waals surface area contributed by atoms with Gasteiger partial charge in [0.2, 0.25) is 5.91 Å². The van der Waals surface area contributed by atoms with Crippen LogP contribution in [0, 0.1) is 6.92 Å². The number of amides is 2. The number of nitrogens with zero attached hydrogens (tertiary/aromatic N) is 3. The predicted octanol–water partition coefficient (Wildman–Crippen LogP) is 3.97. The van der Waals surface area contributed by atoms with Gasteiger partial charge in [-0.05, 0) is 31.4 Å². The Morgan fingerprint density at radius 3 is 2.64 bits per heavy atom. The van der Waals surface area contributed by atoms with E-state index in [1.807, 2.05) is 4.57 Å². The van der Waals surface area contributed by atoms with Gasteiger partial charge in [-0.2, -0.15) is 0 Å². The second-order valence-electron chi connectivity index (χ2n) is 7.07. The van der Waals surface area contributed by atoms with Gasteiger partial charge >= 0.3 is 5.97 Å². The van der Waals surface area contributed by atoms with E-state index >= 15 is 0 Å². The number of anilines is 1. The monoisotopic (exact) mass is 507 g/mol. The lowest BCUT2D eigenvalue weighted by Gasteiger charge is -2.08. The summed E-state index contributed by atoms with van der Waals surface area (Å²) in [5, 5.41) is 14.3. The summed E-state index contributed by atoms with van der Waals surface area (Å²) in [5.41, 5.74) is 6.93. The molecular formula is C21H25N5O4S3. The van der Waals surface area contributed by atoms with Crippen molar-refractivity contribution in [2.75, 3.05) is 18.2 Å². The lowest BCUT2D eigenvalue weighted by Crippen LogP contribution is -2.16. The Labute approximate surface area is 203 Å². The van der Waals surface area contributed by atoms with Crippen molar-refractivity contribution < 1.29 is 19.1 Å². The summed E-state index contributed by atoms with van der Waals surface area (Å²) in [6, 6.07) is 2.12. The highest BCUT2D eigenvalue weighted by molar-refractivity contribution is 7.99. The van der Waals surface area contributed by atoms with Gasteiger partial charge in [0.15, 0.2) is 11.0 Å². The summed E-state index contributed by atoms with van der Waals surface area (Å²) >= 11 is 3.90. The number of nitrogens with one attached hydrogen (secondary N) is 1. The topological polar surface area (TPSA) is 129 Å². The van der Waals surface area contributed by atoms with Crippen LogP contribution >= 0.6 is 34.4 Å². The molecule has 0 atom stereocenters. The molecule has 0 radical (unpaired) electrons. The summed E-state index contributed by atoms with van der Waals surface area (Å²) in [5.74, 6) is -0.830. The van der Waals surface area contributed by atoms with Gasteiger partial charge in [-0.3, -0.25) is 9.59 Å². The smallest absolute Gasteiger partial charge is 0.341 e. The first-order valence-electron chi connectivity index (χ1n) is 10.3. The number of carbonyl (C=O) groups excluding carboxylic acids is 3. The minimum absolute atomic E-state index is 0.0508. The van der Waals surface area contributed by atoms with Crippen molar-refractivity contribution >= 4 is 57.2 Å². The fourth-order valence-electron chi connectivity index (χ4n) is 3.19. The molecule has 0 aliphatic heterocycles. The molecule has 0 aliphatic rings. The van der Waals surface area contributed by atoms with E-state index in [2.05, 4.69) is 40.8 Å². The third kappa shape index (κ3) is 5.45. The third-order valence-corrected chi connectivity index (χ3v) is 8.04. The molecular weight excluding hydrogens is 482 g/mol. The van der Waals surface area contributed by atoms with Crippen LogP contribution in [0.1, 0.15) is 50.7 Å². The maximum Gasteiger partial charge on any atom is 0.341 e. The molecule has 3 aromatic heterocycles. The molecule has 0 aliphatic carbocycles. The number of hydrogen-bond acceptors (Lipinski definition) is 9. The summed E-state index contributed by atoms with van der Waals surface area (Å²) in [6.45, 7) is 6.50. The molecule has 0 bridgehead atoms. The lowest BCUT2D eigenvalue weighted by atomic mass is 10.1. The average molecular weight is 508 g/mol. The van der Waals surface area contributed by atoms with E-state index < -0.39 is 11.9 Å². The molecule has 3 aromatic rings. The maximum atomic E-state index is 12.7. The van der Waals surface area contributed by atoms with Crippen molar-refractivity contribution in [3.05, 3.63) is 32.3 Å². The van der Waals surface area contributed by atoms with E-state index in [0.717, 1.165) is 42.1 Å². The van der Waals surface area contributed by atoms with Crippen LogP contribution in [0.15, 0.2) is 16.6 Å². The van der Waals surface area contributed by atoms with Crippen LogP contribution in [-0.4, -0.2) is 45.4 Å². The van der Waals surface area contributed by atoms with Gasteiger partial charge in [-0.15, -0.1) is 32.9 Å². The molecule has 2 amide bonds. The first-order valence-corrected chi connectivity index (χ1v) is 12.9. The molecule has 9 nitrogen and oxygen atoms in total. The number of methoxy groups -OCH3 is 1. The summed E-state index contributed by atoms with van der Waals surface area (Å²) in [7, 11) is 1.24. The number of thioether (sulfide) groups is 1. The number of esters is 1. The van der Waals surface area contributed by atoms with Crippen molar-refractivity contribution in [1.29, 1.82) is 0 Å². The number of rotatable bonds is 10. The molecule has 0 spiro atoms. The molecule has 0 saturated heterocycles. The Hall–Kier alpha value is -2.70. The van der Waals surface area contributed by atoms with Gasteiger partial charge < -0.3 is 20.4 Å². The lowest BCUT2D eigenvalue weighted by molar-refractivity contribution is -0.113. The van der Waals surface area contributed by atoms with Crippen molar-refractivity contribution in [3.8, 4) is 11.4 Å². The number of thiophene rings is 2. The fourth-order valence-corrected chi connectivity index (χ4v) is 5.84. The van der Waals surface area contributed by atoms with Crippen LogP contribution in [0.2, 0.25) is 0 Å². The Morgan fingerprint density at radius 1 is 1.27 bits per heavy atom. The molecule has 3 N–H and O–H groups in total. The van der Waals surface area contributed by atoms with E-state index in [1.54, 1.807) is 18.3 Å². The Morgan fingerprint density at radius 2 is 2.03 bits per heavy atom. The molecule has 0 saturated carbocycles. The molecule has 176 valence electrons. The summed E-state index contributed by atoms with van der Waals surface area (Å²) in [4.78, 5) is 38.0. The summed E-state index contributed by atoms with van der Waals surface area (Å²) in [6.07, 6.45) is 1.85. The zero-order valence-corrected chi connectivity index (χ0v) is 21.2. The van der Waals surface area contributed by atoms with Crippen LogP contribution in [0.25, 0.3) is 11.4 Å². The van der Waals surface area contributed by atoms with Gasteiger partial charge in [-0.25, -0.2) is 4.79 Å². The number of ether oxygens (including phenoxy) is 1. The van der Waals surface area contributed by atoms with Crippen molar-refractivity contribution in [2.24, 2.45) is 5.73 Å². The van der Waals surface area contributed by atoms with Crippen LogP contribution < -0.4 is 11.1 Å². The van der Waals surface area contributed by atoms with E-state index in [0.29, 0.717) is 10.7 Å². The van der Waals surface area contributed by atoms with Gasteiger partial charge in [0, 0.05) is 22.4 Å². The second-order valence-corrected chi connectivity index (χ2v) is 10.0. The van der Waals surface area contributed by atoms with Gasteiger partial charge in [-0.1, -0.05) is 25.6 Å². The Balaban J connectivity index is 1.77. The minimum Gasteiger partial charge on any atom is -0.465 e. The third-order valence-electron chi connectivity index (χ3n) is 4.77. The Bertz CT molecular complexity index is 1180. The van der Waals surface area contributed by atoms with Gasteiger partial charge in [0.25, 0.3) is 5.91 Å². The van der Waals surface area contributed by atoms with Crippen LogP contribution in [-0.2, 0) is 22.5 Å². The molecule has 0 fully saturated rings.